The molecule has 0 bridgehead atoms. The van der Waals surface area contributed by atoms with Crippen molar-refractivity contribution in [3.05, 3.63) is 101 Å². The number of rotatable bonds is 11. The topological polar surface area (TPSA) is 58.6 Å². The van der Waals surface area contributed by atoms with E-state index in [4.69, 9.17) is 4.74 Å². The maximum Gasteiger partial charge on any atom is 0.261 e. The first kappa shape index (κ1) is 27.0. The molecule has 0 aliphatic rings. The summed E-state index contributed by atoms with van der Waals surface area (Å²) in [6, 6.07) is 23.1. The van der Waals surface area contributed by atoms with Crippen molar-refractivity contribution in [1.82, 2.24) is 10.2 Å². The van der Waals surface area contributed by atoms with Crippen LogP contribution < -0.4 is 10.1 Å². The number of aryl methyl sites for hydroxylation is 3. The van der Waals surface area contributed by atoms with Crippen molar-refractivity contribution in [3.63, 3.8) is 0 Å². The quantitative estimate of drug-likeness (QED) is 0.395. The number of carbonyl (C=O) groups is 2. The fraction of sp³-hybridized carbons (Fsp3) is 0.355. The molecule has 0 saturated carbocycles. The van der Waals surface area contributed by atoms with Crippen molar-refractivity contribution in [3.8, 4) is 5.75 Å². The summed E-state index contributed by atoms with van der Waals surface area (Å²) in [4.78, 5) is 28.8. The Kier molecular flexibility index (Phi) is 9.69. The van der Waals surface area contributed by atoms with Gasteiger partial charge in [0.15, 0.2) is 6.61 Å². The molecule has 0 heterocycles. The number of hydrogen-bond donors (Lipinski definition) is 1. The van der Waals surface area contributed by atoms with E-state index in [2.05, 4.69) is 19.2 Å². The van der Waals surface area contributed by atoms with Gasteiger partial charge in [-0.05, 0) is 49.4 Å². The molecule has 1 N–H and O–H groups in total. The number of amides is 2. The van der Waals surface area contributed by atoms with E-state index in [0.717, 1.165) is 27.8 Å². The molecule has 0 aromatic heterocycles. The van der Waals surface area contributed by atoms with Gasteiger partial charge in [-0.25, -0.2) is 0 Å². The van der Waals surface area contributed by atoms with Gasteiger partial charge in [0, 0.05) is 19.5 Å². The van der Waals surface area contributed by atoms with Crippen LogP contribution in [0.15, 0.2) is 72.8 Å². The Morgan fingerprint density at radius 1 is 0.861 bits per heavy atom. The zero-order valence-corrected chi connectivity index (χ0v) is 22.1. The van der Waals surface area contributed by atoms with Gasteiger partial charge < -0.3 is 15.0 Å². The van der Waals surface area contributed by atoms with Crippen molar-refractivity contribution in [2.24, 2.45) is 5.92 Å². The Bertz CT molecular complexity index is 1140. The van der Waals surface area contributed by atoms with Gasteiger partial charge in [0.2, 0.25) is 5.91 Å². The second-order valence-corrected chi connectivity index (χ2v) is 9.91. The lowest BCUT2D eigenvalue weighted by Gasteiger charge is -2.32. The second kappa shape index (κ2) is 12.9. The minimum atomic E-state index is -0.664. The summed E-state index contributed by atoms with van der Waals surface area (Å²) in [5.41, 5.74) is 5.22. The summed E-state index contributed by atoms with van der Waals surface area (Å²) >= 11 is 0. The van der Waals surface area contributed by atoms with E-state index in [1.54, 1.807) is 4.90 Å². The molecule has 190 valence electrons. The Balaban J connectivity index is 1.90. The van der Waals surface area contributed by atoms with Crippen LogP contribution in [0, 0.1) is 26.7 Å². The Morgan fingerprint density at radius 2 is 1.53 bits per heavy atom. The van der Waals surface area contributed by atoms with Crippen LogP contribution in [0.2, 0.25) is 0 Å². The molecule has 0 aliphatic heterocycles. The van der Waals surface area contributed by atoms with Gasteiger partial charge in [-0.1, -0.05) is 91.7 Å². The molecule has 3 aromatic carbocycles. The predicted molar refractivity (Wildman–Crippen MR) is 145 cm³/mol. The zero-order chi connectivity index (χ0) is 26.1. The third kappa shape index (κ3) is 7.98. The number of hydrogen-bond acceptors (Lipinski definition) is 3. The Labute approximate surface area is 215 Å². The number of ether oxygens (including phenoxy) is 1. The average Bonchev–Trinajstić information content (AvgIpc) is 2.85. The van der Waals surface area contributed by atoms with Crippen molar-refractivity contribution >= 4 is 11.8 Å². The van der Waals surface area contributed by atoms with Gasteiger partial charge in [-0.3, -0.25) is 9.59 Å². The summed E-state index contributed by atoms with van der Waals surface area (Å²) in [7, 11) is 0. The highest BCUT2D eigenvalue weighted by Gasteiger charge is 2.30. The summed E-state index contributed by atoms with van der Waals surface area (Å²) in [5.74, 6) is 0.601. The van der Waals surface area contributed by atoms with Crippen LogP contribution in [0.3, 0.4) is 0 Å². The van der Waals surface area contributed by atoms with Crippen LogP contribution in [-0.4, -0.2) is 35.9 Å². The first-order chi connectivity index (χ1) is 17.2. The highest BCUT2D eigenvalue weighted by atomic mass is 16.5. The lowest BCUT2D eigenvalue weighted by atomic mass is 10.0. The lowest BCUT2D eigenvalue weighted by molar-refractivity contribution is -0.142. The largest absolute Gasteiger partial charge is 0.483 e. The molecule has 0 fully saturated rings. The van der Waals surface area contributed by atoms with Gasteiger partial charge in [0.25, 0.3) is 5.91 Å². The van der Waals surface area contributed by atoms with Crippen LogP contribution in [0.4, 0.5) is 0 Å². The molecular weight excluding hydrogens is 448 g/mol. The minimum absolute atomic E-state index is 0.140. The molecule has 3 rings (SSSR count). The van der Waals surface area contributed by atoms with Crippen LogP contribution in [0.5, 0.6) is 5.75 Å². The smallest absolute Gasteiger partial charge is 0.261 e. The van der Waals surface area contributed by atoms with Crippen LogP contribution in [-0.2, 0) is 22.6 Å². The normalized spacial score (nSPS) is 11.7. The third-order valence-corrected chi connectivity index (χ3v) is 6.11. The molecular formula is C31H38N2O3. The van der Waals surface area contributed by atoms with E-state index >= 15 is 0 Å². The van der Waals surface area contributed by atoms with Gasteiger partial charge >= 0.3 is 0 Å². The molecule has 3 aromatic rings. The molecule has 2 amide bonds. The van der Waals surface area contributed by atoms with Crippen LogP contribution >= 0.6 is 0 Å². The second-order valence-electron chi connectivity index (χ2n) is 9.91. The molecule has 5 heteroatoms. The van der Waals surface area contributed by atoms with E-state index in [9.17, 15) is 9.59 Å². The van der Waals surface area contributed by atoms with E-state index in [1.165, 1.54) is 0 Å². The average molecular weight is 487 g/mol. The van der Waals surface area contributed by atoms with Crippen molar-refractivity contribution in [2.45, 2.75) is 53.6 Å². The molecule has 0 aliphatic carbocycles. The van der Waals surface area contributed by atoms with Crippen molar-refractivity contribution in [1.29, 1.82) is 0 Å². The molecule has 36 heavy (non-hydrogen) atoms. The molecule has 0 radical (unpaired) electrons. The number of carbonyl (C=O) groups excluding carboxylic acids is 2. The lowest BCUT2D eigenvalue weighted by Crippen LogP contribution is -2.52. The summed E-state index contributed by atoms with van der Waals surface area (Å²) in [6.45, 7) is 10.9. The summed E-state index contributed by atoms with van der Waals surface area (Å²) < 4.78 is 5.95. The van der Waals surface area contributed by atoms with E-state index in [0.29, 0.717) is 31.2 Å². The standard InChI is InChI=1S/C31H38N2O3/c1-22(2)19-32-31(35)28(18-26-9-7-6-8-10-26)33(20-27-14-11-23(3)12-15-27)30(34)21-36-29-16-13-24(4)17-25(29)5/h6-17,22,28H,18-21H2,1-5H3,(H,32,35). The Morgan fingerprint density at radius 3 is 2.17 bits per heavy atom. The van der Waals surface area contributed by atoms with Gasteiger partial charge in [-0.2, -0.15) is 0 Å². The van der Waals surface area contributed by atoms with E-state index in [1.807, 2.05) is 93.6 Å². The molecule has 1 atom stereocenters. The highest BCUT2D eigenvalue weighted by molar-refractivity contribution is 5.88. The van der Waals surface area contributed by atoms with Gasteiger partial charge in [-0.15, -0.1) is 0 Å². The summed E-state index contributed by atoms with van der Waals surface area (Å²) in [5, 5.41) is 3.05. The number of benzene rings is 3. The van der Waals surface area contributed by atoms with Crippen molar-refractivity contribution < 1.29 is 14.3 Å². The molecule has 0 saturated heterocycles. The van der Waals surface area contributed by atoms with E-state index < -0.39 is 6.04 Å². The first-order valence-corrected chi connectivity index (χ1v) is 12.6. The molecule has 0 spiro atoms. The van der Waals surface area contributed by atoms with E-state index in [-0.39, 0.29) is 18.4 Å². The molecule has 1 unspecified atom stereocenters. The number of nitrogens with one attached hydrogen (secondary N) is 1. The van der Waals surface area contributed by atoms with Crippen LogP contribution in [0.1, 0.15) is 41.7 Å². The zero-order valence-electron chi connectivity index (χ0n) is 22.1. The summed E-state index contributed by atoms with van der Waals surface area (Å²) in [6.07, 6.45) is 0.423. The fourth-order valence-electron chi connectivity index (χ4n) is 4.05. The first-order valence-electron chi connectivity index (χ1n) is 12.6. The highest BCUT2D eigenvalue weighted by Crippen LogP contribution is 2.20. The number of nitrogens with zero attached hydrogens (tertiary/aromatic N) is 1. The van der Waals surface area contributed by atoms with Gasteiger partial charge in [0.1, 0.15) is 11.8 Å². The van der Waals surface area contributed by atoms with Crippen molar-refractivity contribution in [2.75, 3.05) is 13.2 Å². The predicted octanol–water partition coefficient (Wildman–Crippen LogP) is 5.40. The monoisotopic (exact) mass is 486 g/mol. The molecule has 5 nitrogen and oxygen atoms in total. The Hall–Kier alpha value is -3.60. The SMILES string of the molecule is Cc1ccc(CN(C(=O)COc2ccc(C)cc2C)C(Cc2ccccc2)C(=O)NCC(C)C)cc1. The van der Waals surface area contributed by atoms with Crippen LogP contribution in [0.25, 0.3) is 0 Å². The third-order valence-electron chi connectivity index (χ3n) is 6.11. The fourth-order valence-corrected chi connectivity index (χ4v) is 4.05. The maximum absolute atomic E-state index is 13.7. The minimum Gasteiger partial charge on any atom is -0.483 e. The maximum atomic E-state index is 13.7. The van der Waals surface area contributed by atoms with Gasteiger partial charge in [0.05, 0.1) is 0 Å².